The number of carboxylic acid groups (broad SMARTS) is 1. The molecule has 6 aliphatic carbocycles. The van der Waals surface area contributed by atoms with Crippen LogP contribution in [-0.4, -0.2) is 22.3 Å². The third kappa shape index (κ3) is 4.49. The Hall–Kier alpha value is -4.21. The van der Waals surface area contributed by atoms with Crippen molar-refractivity contribution in [3.05, 3.63) is 155 Å². The molecule has 2 fully saturated rings. The minimum Gasteiger partial charge on any atom is -0.481 e. The molecule has 0 bridgehead atoms. The highest BCUT2D eigenvalue weighted by Gasteiger charge is 2.56. The summed E-state index contributed by atoms with van der Waals surface area (Å²) in [6, 6.07) is 11.6. The molecular formula is C40H36O3. The van der Waals surface area contributed by atoms with Crippen LogP contribution in [0.4, 0.5) is 0 Å². The average Bonchev–Trinajstić information content (AvgIpc) is 3.86. The first kappa shape index (κ1) is 26.4. The van der Waals surface area contributed by atoms with Crippen molar-refractivity contribution in [2.24, 2.45) is 17.8 Å². The van der Waals surface area contributed by atoms with E-state index >= 15 is 0 Å². The second-order valence-corrected chi connectivity index (χ2v) is 13.0. The van der Waals surface area contributed by atoms with Gasteiger partial charge in [-0.3, -0.25) is 4.79 Å². The lowest BCUT2D eigenvalue weighted by atomic mass is 9.69. The van der Waals surface area contributed by atoms with Crippen molar-refractivity contribution in [2.45, 2.75) is 48.5 Å². The van der Waals surface area contributed by atoms with Gasteiger partial charge in [-0.05, 0) is 75.8 Å². The Kier molecular flexibility index (Phi) is 6.45. The molecule has 6 aliphatic rings. The Morgan fingerprint density at radius 1 is 0.581 bits per heavy atom. The van der Waals surface area contributed by atoms with E-state index in [-0.39, 0.29) is 41.4 Å². The Morgan fingerprint density at radius 2 is 1.07 bits per heavy atom. The van der Waals surface area contributed by atoms with Gasteiger partial charge in [0, 0.05) is 29.6 Å². The van der Waals surface area contributed by atoms with Gasteiger partial charge in [0.15, 0.2) is 0 Å². The largest absolute Gasteiger partial charge is 0.481 e. The number of carboxylic acids is 1. The van der Waals surface area contributed by atoms with Gasteiger partial charge in [0.25, 0.3) is 0 Å². The number of allylic oxidation sites excluding steroid dienone is 16. The number of aliphatic carboxylic acids is 1. The van der Waals surface area contributed by atoms with E-state index in [1.54, 1.807) is 0 Å². The predicted octanol–water partition coefficient (Wildman–Crippen LogP) is 8.38. The number of aliphatic hydroxyl groups excluding tert-OH is 1. The molecule has 0 amide bonds. The molecule has 3 heteroatoms. The molecule has 0 aromatic heterocycles. The predicted molar refractivity (Wildman–Crippen MR) is 172 cm³/mol. The van der Waals surface area contributed by atoms with Gasteiger partial charge < -0.3 is 10.2 Å². The van der Waals surface area contributed by atoms with E-state index in [9.17, 15) is 15.0 Å². The lowest BCUT2D eigenvalue weighted by Gasteiger charge is -2.38. The molecule has 2 aromatic rings. The first-order chi connectivity index (χ1) is 21.0. The van der Waals surface area contributed by atoms with Crippen LogP contribution in [-0.2, 0) is 4.79 Å². The molecule has 0 radical (unpaired) electrons. The summed E-state index contributed by atoms with van der Waals surface area (Å²) in [5.41, 5.74) is 8.61. The molecule has 43 heavy (non-hydrogen) atoms. The average molecular weight is 565 g/mol. The number of hydrogen-bond donors (Lipinski definition) is 2. The summed E-state index contributed by atoms with van der Waals surface area (Å²) >= 11 is 0. The first-order valence-corrected chi connectivity index (χ1v) is 15.7. The zero-order valence-electron chi connectivity index (χ0n) is 24.0. The zero-order chi connectivity index (χ0) is 29.1. The molecular weight excluding hydrogens is 528 g/mol. The molecule has 0 aliphatic heterocycles. The highest BCUT2D eigenvalue weighted by atomic mass is 16.4. The van der Waals surface area contributed by atoms with E-state index in [4.69, 9.17) is 0 Å². The Balaban J connectivity index is 1.31. The zero-order valence-corrected chi connectivity index (χ0v) is 24.0. The van der Waals surface area contributed by atoms with Crippen molar-refractivity contribution in [1.82, 2.24) is 0 Å². The van der Waals surface area contributed by atoms with Crippen LogP contribution >= 0.6 is 0 Å². The second kappa shape index (κ2) is 10.5. The lowest BCUT2D eigenvalue weighted by molar-refractivity contribution is -0.149. The van der Waals surface area contributed by atoms with Crippen LogP contribution in [0.5, 0.6) is 0 Å². The van der Waals surface area contributed by atoms with Crippen LogP contribution < -0.4 is 0 Å². The van der Waals surface area contributed by atoms with Crippen LogP contribution in [0.1, 0.15) is 70.2 Å². The molecule has 0 heterocycles. The minimum absolute atomic E-state index is 0.105. The van der Waals surface area contributed by atoms with Gasteiger partial charge in [-0.25, -0.2) is 0 Å². The smallest absolute Gasteiger partial charge is 0.307 e. The van der Waals surface area contributed by atoms with E-state index < -0.39 is 18.0 Å². The maximum Gasteiger partial charge on any atom is 0.307 e. The van der Waals surface area contributed by atoms with E-state index in [1.807, 2.05) is 0 Å². The van der Waals surface area contributed by atoms with E-state index in [1.165, 1.54) is 27.8 Å². The van der Waals surface area contributed by atoms with Crippen LogP contribution in [0, 0.1) is 17.8 Å². The van der Waals surface area contributed by atoms with E-state index in [0.29, 0.717) is 6.42 Å². The Morgan fingerprint density at radius 3 is 1.60 bits per heavy atom. The van der Waals surface area contributed by atoms with Gasteiger partial charge >= 0.3 is 5.97 Å². The summed E-state index contributed by atoms with van der Waals surface area (Å²) in [4.78, 5) is 12.6. The third-order valence-corrected chi connectivity index (χ3v) is 10.6. The summed E-state index contributed by atoms with van der Waals surface area (Å²) in [7, 11) is 0. The van der Waals surface area contributed by atoms with Crippen molar-refractivity contribution in [2.75, 3.05) is 0 Å². The van der Waals surface area contributed by atoms with Crippen LogP contribution in [0.2, 0.25) is 0 Å². The molecule has 2 saturated carbocycles. The Labute approximate surface area is 253 Å². The standard InChI is InChI=1S/C40H36O3/c41-36-23-32-22-35(39(38(32)36)40(42)43)31-18-28(24-9-1-2-10-24)17-29(19-31)30-20-33(25-11-3-4-12-25)37(27-15-7-8-16-27)34(21-30)26-13-5-6-14-26/h1-21,24-27,32,35-36,38-39,41H,22-23H2,(H,42,43). The van der Waals surface area contributed by atoms with Crippen molar-refractivity contribution >= 4 is 5.97 Å². The van der Waals surface area contributed by atoms with Gasteiger partial charge in [0.05, 0.1) is 12.0 Å². The second-order valence-electron chi connectivity index (χ2n) is 13.0. The SMILES string of the molecule is O=C(O)C1C(c2cc(-c3cc(C4C=CC=C4)c(C4C=CC=C4)c(C4C=CC=C4)c3)cc(C3C=CC=C3)c2)CC2CC(O)C21. The molecule has 0 saturated heterocycles. The number of hydrogen-bond acceptors (Lipinski definition) is 2. The molecule has 214 valence electrons. The normalized spacial score (nSPS) is 29.1. The summed E-state index contributed by atoms with van der Waals surface area (Å²) in [5.74, 6) is -0.492. The summed E-state index contributed by atoms with van der Waals surface area (Å²) in [5, 5.41) is 20.9. The number of fused-ring (bicyclic) bond motifs is 1. The molecule has 5 unspecified atom stereocenters. The molecule has 0 spiro atoms. The number of aliphatic hydroxyl groups is 1. The number of rotatable bonds is 7. The van der Waals surface area contributed by atoms with Gasteiger partial charge in [-0.2, -0.15) is 0 Å². The topological polar surface area (TPSA) is 57.5 Å². The van der Waals surface area contributed by atoms with Crippen LogP contribution in [0.25, 0.3) is 11.1 Å². The monoisotopic (exact) mass is 564 g/mol. The highest BCUT2D eigenvalue weighted by Crippen LogP contribution is 2.57. The van der Waals surface area contributed by atoms with Crippen molar-refractivity contribution in [3.63, 3.8) is 0 Å². The number of carbonyl (C=O) groups is 1. The van der Waals surface area contributed by atoms with Crippen molar-refractivity contribution < 1.29 is 15.0 Å². The quantitative estimate of drug-likeness (QED) is 0.355. The minimum atomic E-state index is -0.782. The van der Waals surface area contributed by atoms with Crippen LogP contribution in [0.3, 0.4) is 0 Å². The van der Waals surface area contributed by atoms with E-state index in [2.05, 4.69) is 128 Å². The molecule has 8 rings (SSSR count). The maximum absolute atomic E-state index is 12.6. The lowest BCUT2D eigenvalue weighted by Crippen LogP contribution is -2.43. The number of benzene rings is 2. The summed E-state index contributed by atoms with van der Waals surface area (Å²) in [6.07, 6.45) is 36.2. The third-order valence-electron chi connectivity index (χ3n) is 10.6. The van der Waals surface area contributed by atoms with Crippen molar-refractivity contribution in [1.29, 1.82) is 0 Å². The molecule has 2 N–H and O–H groups in total. The first-order valence-electron chi connectivity index (χ1n) is 15.7. The van der Waals surface area contributed by atoms with Crippen molar-refractivity contribution in [3.8, 4) is 11.1 Å². The Bertz CT molecular complexity index is 1630. The highest BCUT2D eigenvalue weighted by molar-refractivity contribution is 5.75. The fourth-order valence-corrected chi connectivity index (χ4v) is 8.56. The van der Waals surface area contributed by atoms with Gasteiger partial charge in [0.2, 0.25) is 0 Å². The molecule has 5 atom stereocenters. The summed E-state index contributed by atoms with van der Waals surface area (Å²) < 4.78 is 0. The van der Waals surface area contributed by atoms with Gasteiger partial charge in [-0.1, -0.05) is 115 Å². The fraction of sp³-hybridized carbons (Fsp3) is 0.275. The maximum atomic E-state index is 12.6. The van der Waals surface area contributed by atoms with Gasteiger partial charge in [0.1, 0.15) is 0 Å². The summed E-state index contributed by atoms with van der Waals surface area (Å²) in [6.45, 7) is 0. The molecule has 2 aromatic carbocycles. The fourth-order valence-electron chi connectivity index (χ4n) is 8.56. The van der Waals surface area contributed by atoms with E-state index in [0.717, 1.165) is 17.5 Å². The molecule has 3 nitrogen and oxygen atoms in total. The van der Waals surface area contributed by atoms with Crippen LogP contribution in [0.15, 0.2) is 128 Å². The van der Waals surface area contributed by atoms with Gasteiger partial charge in [-0.15, -0.1) is 0 Å².